The van der Waals surface area contributed by atoms with E-state index in [1.807, 2.05) is 13.0 Å². The Balaban J connectivity index is 2.13. The second-order valence-electron chi connectivity index (χ2n) is 3.79. The molecule has 98 valence electrons. The van der Waals surface area contributed by atoms with Crippen molar-refractivity contribution >= 4 is 33.5 Å². The number of nitrogens with zero attached hydrogens (tertiary/aromatic N) is 2. The fraction of sp³-hybridized carbons (Fsp3) is 0.0833. The van der Waals surface area contributed by atoms with E-state index in [0.29, 0.717) is 17.2 Å². The topological polar surface area (TPSA) is 92.9 Å². The molecule has 4 N–H and O–H groups in total. The van der Waals surface area contributed by atoms with Crippen molar-refractivity contribution in [3.8, 4) is 0 Å². The second-order valence-corrected chi connectivity index (χ2v) is 4.65. The third-order valence-electron chi connectivity index (χ3n) is 2.44. The van der Waals surface area contributed by atoms with Crippen LogP contribution in [-0.2, 0) is 0 Å². The number of anilines is 2. The summed E-state index contributed by atoms with van der Waals surface area (Å²) < 4.78 is 0.894. The summed E-state index contributed by atoms with van der Waals surface area (Å²) in [5.74, 6) is 5.92. The molecule has 7 heteroatoms. The number of halogens is 1. The smallest absolute Gasteiger partial charge is 0.258 e. The summed E-state index contributed by atoms with van der Waals surface area (Å²) >= 11 is 3.35. The number of nitrogen functional groups attached to an aromatic ring is 1. The Morgan fingerprint density at radius 3 is 2.58 bits per heavy atom. The molecule has 1 amide bonds. The minimum Gasteiger partial charge on any atom is -0.308 e. The van der Waals surface area contributed by atoms with Crippen molar-refractivity contribution < 1.29 is 4.79 Å². The van der Waals surface area contributed by atoms with E-state index in [9.17, 15) is 4.79 Å². The Bertz CT molecular complexity index is 600. The minimum absolute atomic E-state index is 0.273. The number of hydrogen-bond donors (Lipinski definition) is 3. The molecule has 0 unspecified atom stereocenters. The van der Waals surface area contributed by atoms with Crippen molar-refractivity contribution in [3.63, 3.8) is 0 Å². The van der Waals surface area contributed by atoms with E-state index in [2.05, 4.69) is 36.6 Å². The zero-order chi connectivity index (χ0) is 13.8. The molecular weight excluding hydrogens is 310 g/mol. The zero-order valence-electron chi connectivity index (χ0n) is 10.1. The number of carbonyl (C=O) groups excluding carboxylic acids is 1. The number of nitrogens with one attached hydrogen (secondary N) is 2. The van der Waals surface area contributed by atoms with Gasteiger partial charge in [0.15, 0.2) is 0 Å². The van der Waals surface area contributed by atoms with Gasteiger partial charge in [-0.25, -0.2) is 15.8 Å². The molecule has 2 aromatic rings. The van der Waals surface area contributed by atoms with Crippen LogP contribution in [0.2, 0.25) is 0 Å². The number of aromatic nitrogens is 2. The molecule has 0 spiro atoms. The lowest BCUT2D eigenvalue weighted by molar-refractivity contribution is 0.102. The van der Waals surface area contributed by atoms with Gasteiger partial charge in [0.1, 0.15) is 11.6 Å². The van der Waals surface area contributed by atoms with Crippen LogP contribution < -0.4 is 16.6 Å². The summed E-state index contributed by atoms with van der Waals surface area (Å²) in [7, 11) is 0. The Morgan fingerprint density at radius 1 is 1.26 bits per heavy atom. The van der Waals surface area contributed by atoms with E-state index in [1.54, 1.807) is 18.2 Å². The highest BCUT2D eigenvalue weighted by molar-refractivity contribution is 9.10. The predicted molar refractivity (Wildman–Crippen MR) is 76.7 cm³/mol. The fourth-order valence-corrected chi connectivity index (χ4v) is 1.64. The average Bonchev–Trinajstić information content (AvgIpc) is 2.43. The quantitative estimate of drug-likeness (QED) is 0.594. The molecule has 6 nitrogen and oxygen atoms in total. The largest absolute Gasteiger partial charge is 0.308 e. The molecule has 0 radical (unpaired) electrons. The Hall–Kier alpha value is -1.99. The summed E-state index contributed by atoms with van der Waals surface area (Å²) in [6, 6.07) is 6.80. The fourth-order valence-electron chi connectivity index (χ4n) is 1.42. The number of amides is 1. The van der Waals surface area contributed by atoms with Crippen LogP contribution in [0, 0.1) is 6.92 Å². The van der Waals surface area contributed by atoms with Gasteiger partial charge in [-0.1, -0.05) is 0 Å². The molecule has 0 saturated heterocycles. The third kappa shape index (κ3) is 3.27. The molecule has 0 aliphatic rings. The maximum Gasteiger partial charge on any atom is 0.258 e. The highest BCUT2D eigenvalue weighted by Gasteiger charge is 2.08. The van der Waals surface area contributed by atoms with Crippen LogP contribution >= 0.6 is 15.9 Å². The summed E-state index contributed by atoms with van der Waals surface area (Å²) in [4.78, 5) is 20.2. The molecule has 0 aliphatic carbocycles. The maximum absolute atomic E-state index is 12.0. The lowest BCUT2D eigenvalue weighted by Crippen LogP contribution is -2.14. The van der Waals surface area contributed by atoms with E-state index in [4.69, 9.17) is 5.84 Å². The van der Waals surface area contributed by atoms with Crippen LogP contribution in [0.5, 0.6) is 0 Å². The molecular formula is C12H12BrN5O. The molecule has 0 atom stereocenters. The molecule has 0 aliphatic heterocycles. The molecule has 0 aromatic carbocycles. The Kier molecular flexibility index (Phi) is 4.08. The summed E-state index contributed by atoms with van der Waals surface area (Å²) in [6.45, 7) is 1.85. The number of carbonyl (C=O) groups is 1. The minimum atomic E-state index is -0.273. The van der Waals surface area contributed by atoms with Gasteiger partial charge in [0.2, 0.25) is 0 Å². The molecule has 2 aromatic heterocycles. The number of pyridine rings is 2. The van der Waals surface area contributed by atoms with Crippen molar-refractivity contribution in [2.75, 3.05) is 10.7 Å². The lowest BCUT2D eigenvalue weighted by atomic mass is 10.2. The first-order chi connectivity index (χ1) is 9.10. The predicted octanol–water partition coefficient (Wildman–Crippen LogP) is 2.09. The van der Waals surface area contributed by atoms with Gasteiger partial charge in [-0.05, 0) is 47.1 Å². The first-order valence-electron chi connectivity index (χ1n) is 5.47. The van der Waals surface area contributed by atoms with E-state index < -0.39 is 0 Å². The van der Waals surface area contributed by atoms with Gasteiger partial charge in [0.25, 0.3) is 5.91 Å². The Labute approximate surface area is 118 Å². The van der Waals surface area contributed by atoms with Crippen molar-refractivity contribution in [2.45, 2.75) is 6.92 Å². The summed E-state index contributed by atoms with van der Waals surface area (Å²) in [6.07, 6.45) is 1.44. The molecule has 2 rings (SSSR count). The monoisotopic (exact) mass is 321 g/mol. The zero-order valence-corrected chi connectivity index (χ0v) is 11.7. The van der Waals surface area contributed by atoms with Gasteiger partial charge in [-0.2, -0.15) is 0 Å². The average molecular weight is 322 g/mol. The summed E-state index contributed by atoms with van der Waals surface area (Å²) in [5.41, 5.74) is 3.63. The standard InChI is InChI=1S/C12H12BrN5O/c1-7-9(13)3-5-11(16-7)17-12(19)8-2-4-10(18-14)15-6-8/h2-6H,14H2,1H3,(H,15,18)(H,16,17,19). The number of rotatable bonds is 3. The van der Waals surface area contributed by atoms with Crippen LogP contribution in [0.25, 0.3) is 0 Å². The van der Waals surface area contributed by atoms with Crippen LogP contribution in [0.15, 0.2) is 34.9 Å². The number of aryl methyl sites for hydroxylation is 1. The van der Waals surface area contributed by atoms with E-state index in [1.165, 1.54) is 6.20 Å². The Morgan fingerprint density at radius 2 is 2.00 bits per heavy atom. The van der Waals surface area contributed by atoms with Crippen molar-refractivity contribution in [1.82, 2.24) is 9.97 Å². The van der Waals surface area contributed by atoms with Gasteiger partial charge < -0.3 is 10.7 Å². The van der Waals surface area contributed by atoms with Crippen LogP contribution in [0.3, 0.4) is 0 Å². The number of hydrogen-bond acceptors (Lipinski definition) is 5. The first-order valence-corrected chi connectivity index (χ1v) is 6.26. The molecule has 0 bridgehead atoms. The van der Waals surface area contributed by atoms with E-state index in [-0.39, 0.29) is 5.91 Å². The SMILES string of the molecule is Cc1nc(NC(=O)c2ccc(NN)nc2)ccc1Br. The second kappa shape index (κ2) is 5.77. The van der Waals surface area contributed by atoms with Gasteiger partial charge >= 0.3 is 0 Å². The molecule has 19 heavy (non-hydrogen) atoms. The van der Waals surface area contributed by atoms with Crippen LogP contribution in [-0.4, -0.2) is 15.9 Å². The summed E-state index contributed by atoms with van der Waals surface area (Å²) in [5, 5.41) is 2.70. The first kappa shape index (κ1) is 13.4. The van der Waals surface area contributed by atoms with Gasteiger partial charge in [0, 0.05) is 10.7 Å². The van der Waals surface area contributed by atoms with E-state index in [0.717, 1.165) is 10.2 Å². The van der Waals surface area contributed by atoms with Crippen LogP contribution in [0.4, 0.5) is 11.6 Å². The molecule has 0 fully saturated rings. The van der Waals surface area contributed by atoms with Gasteiger partial charge in [-0.15, -0.1) is 0 Å². The van der Waals surface area contributed by atoms with Crippen LogP contribution in [0.1, 0.15) is 16.1 Å². The van der Waals surface area contributed by atoms with Crippen molar-refractivity contribution in [2.24, 2.45) is 5.84 Å². The van der Waals surface area contributed by atoms with Gasteiger partial charge in [0.05, 0.1) is 11.3 Å². The number of nitrogens with two attached hydrogens (primary N) is 1. The van der Waals surface area contributed by atoms with Crippen molar-refractivity contribution in [3.05, 3.63) is 46.2 Å². The third-order valence-corrected chi connectivity index (χ3v) is 3.27. The lowest BCUT2D eigenvalue weighted by Gasteiger charge is -2.06. The molecule has 2 heterocycles. The molecule has 0 saturated carbocycles. The normalized spacial score (nSPS) is 10.1. The highest BCUT2D eigenvalue weighted by Crippen LogP contribution is 2.16. The highest BCUT2D eigenvalue weighted by atomic mass is 79.9. The van der Waals surface area contributed by atoms with Gasteiger partial charge in [-0.3, -0.25) is 4.79 Å². The maximum atomic E-state index is 12.0. The van der Waals surface area contributed by atoms with Crippen molar-refractivity contribution in [1.29, 1.82) is 0 Å². The van der Waals surface area contributed by atoms with E-state index >= 15 is 0 Å². The number of hydrazine groups is 1.